The van der Waals surface area contributed by atoms with Gasteiger partial charge in [-0.2, -0.15) is 0 Å². The summed E-state index contributed by atoms with van der Waals surface area (Å²) < 4.78 is 18.9. The predicted octanol–water partition coefficient (Wildman–Crippen LogP) is 3.34. The van der Waals surface area contributed by atoms with Crippen molar-refractivity contribution in [2.45, 2.75) is 24.8 Å². The van der Waals surface area contributed by atoms with Crippen molar-refractivity contribution in [2.75, 3.05) is 24.6 Å². The minimum Gasteiger partial charge on any atom is -0.372 e. The fraction of sp³-hybridized carbons (Fsp3) is 0.538. The highest BCUT2D eigenvalue weighted by molar-refractivity contribution is 9.08. The maximum Gasteiger partial charge on any atom is 0.123 e. The molecule has 2 rings (SSSR count). The van der Waals surface area contributed by atoms with Crippen LogP contribution in [0.2, 0.25) is 0 Å². The molecule has 1 saturated heterocycles. The van der Waals surface area contributed by atoms with E-state index in [1.54, 1.807) is 6.07 Å². The number of anilines is 1. The van der Waals surface area contributed by atoms with Gasteiger partial charge in [-0.05, 0) is 37.6 Å². The number of halogens is 2. The van der Waals surface area contributed by atoms with Gasteiger partial charge in [-0.1, -0.05) is 15.9 Å². The van der Waals surface area contributed by atoms with Gasteiger partial charge in [0.25, 0.3) is 0 Å². The fourth-order valence-electron chi connectivity index (χ4n) is 2.19. The largest absolute Gasteiger partial charge is 0.372 e. The maximum atomic E-state index is 13.2. The Morgan fingerprint density at radius 3 is 2.88 bits per heavy atom. The molecular formula is C13H17BrFNO. The quantitative estimate of drug-likeness (QED) is 0.777. The van der Waals surface area contributed by atoms with E-state index in [1.807, 2.05) is 6.07 Å². The lowest BCUT2D eigenvalue weighted by molar-refractivity contribution is -0.0277. The number of morpholine rings is 1. The average molecular weight is 302 g/mol. The number of alkyl halides is 1. The van der Waals surface area contributed by atoms with Crippen molar-refractivity contribution < 1.29 is 9.13 Å². The molecule has 1 aromatic rings. The van der Waals surface area contributed by atoms with Gasteiger partial charge < -0.3 is 9.64 Å². The molecule has 0 aliphatic carbocycles. The van der Waals surface area contributed by atoms with Crippen LogP contribution in [0.1, 0.15) is 19.4 Å². The first-order chi connectivity index (χ1) is 8.02. The van der Waals surface area contributed by atoms with Crippen molar-refractivity contribution in [1.82, 2.24) is 0 Å². The van der Waals surface area contributed by atoms with E-state index in [-0.39, 0.29) is 11.4 Å². The summed E-state index contributed by atoms with van der Waals surface area (Å²) in [5, 5.41) is 0.665. The smallest absolute Gasteiger partial charge is 0.123 e. The van der Waals surface area contributed by atoms with Crippen LogP contribution in [-0.2, 0) is 10.1 Å². The fourth-order valence-corrected chi connectivity index (χ4v) is 2.64. The summed E-state index contributed by atoms with van der Waals surface area (Å²) in [5.41, 5.74) is 1.94. The summed E-state index contributed by atoms with van der Waals surface area (Å²) >= 11 is 3.41. The number of nitrogens with zero attached hydrogens (tertiary/aromatic N) is 1. The van der Waals surface area contributed by atoms with Crippen LogP contribution in [0.4, 0.5) is 10.1 Å². The van der Waals surface area contributed by atoms with E-state index in [1.165, 1.54) is 6.07 Å². The number of hydrogen-bond acceptors (Lipinski definition) is 2. The first-order valence-corrected chi connectivity index (χ1v) is 6.87. The van der Waals surface area contributed by atoms with E-state index < -0.39 is 0 Å². The van der Waals surface area contributed by atoms with E-state index >= 15 is 0 Å². The summed E-state index contributed by atoms with van der Waals surface area (Å²) in [4.78, 5) is 2.26. The van der Waals surface area contributed by atoms with E-state index in [9.17, 15) is 4.39 Å². The SMILES string of the molecule is CC1(C)CN(c2ccc(F)cc2CBr)CCO1. The van der Waals surface area contributed by atoms with Crippen LogP contribution in [0, 0.1) is 5.82 Å². The second kappa shape index (κ2) is 4.94. The Labute approximate surface area is 110 Å². The van der Waals surface area contributed by atoms with Crippen LogP contribution in [0.15, 0.2) is 18.2 Å². The van der Waals surface area contributed by atoms with E-state index in [2.05, 4.69) is 34.7 Å². The standard InChI is InChI=1S/C13H17BrFNO/c1-13(2)9-16(5-6-17-13)12-4-3-11(15)7-10(12)8-14/h3-4,7H,5-6,8-9H2,1-2H3. The Bertz CT molecular complexity index is 408. The predicted molar refractivity (Wildman–Crippen MR) is 71.3 cm³/mol. The van der Waals surface area contributed by atoms with Gasteiger partial charge in [0.15, 0.2) is 0 Å². The highest BCUT2D eigenvalue weighted by Gasteiger charge is 2.28. The van der Waals surface area contributed by atoms with Gasteiger partial charge in [0.05, 0.1) is 12.2 Å². The van der Waals surface area contributed by atoms with Crippen molar-refractivity contribution in [3.8, 4) is 0 Å². The van der Waals surface area contributed by atoms with Crippen molar-refractivity contribution >= 4 is 21.6 Å². The lowest BCUT2D eigenvalue weighted by Crippen LogP contribution is -2.48. The summed E-state index contributed by atoms with van der Waals surface area (Å²) in [6.07, 6.45) is 0. The molecule has 0 amide bonds. The molecule has 0 spiro atoms. The Kier molecular flexibility index (Phi) is 3.73. The van der Waals surface area contributed by atoms with Crippen LogP contribution in [0.5, 0.6) is 0 Å². The Morgan fingerprint density at radius 1 is 1.47 bits per heavy atom. The molecule has 17 heavy (non-hydrogen) atoms. The normalized spacial score (nSPS) is 19.4. The van der Waals surface area contributed by atoms with Gasteiger partial charge in [0.1, 0.15) is 5.82 Å². The van der Waals surface area contributed by atoms with Gasteiger partial charge in [-0.15, -0.1) is 0 Å². The Balaban J connectivity index is 2.27. The minimum absolute atomic E-state index is 0.143. The molecule has 1 fully saturated rings. The zero-order valence-electron chi connectivity index (χ0n) is 10.2. The second-order valence-corrected chi connectivity index (χ2v) is 5.50. The highest BCUT2D eigenvalue weighted by Crippen LogP contribution is 2.28. The number of rotatable bonds is 2. The first kappa shape index (κ1) is 12.8. The van der Waals surface area contributed by atoms with Gasteiger partial charge in [-0.25, -0.2) is 4.39 Å². The minimum atomic E-state index is -0.185. The summed E-state index contributed by atoms with van der Waals surface area (Å²) in [6.45, 7) is 6.56. The van der Waals surface area contributed by atoms with Crippen LogP contribution in [-0.4, -0.2) is 25.3 Å². The molecule has 94 valence electrons. The third kappa shape index (κ3) is 2.99. The molecule has 0 saturated carbocycles. The van der Waals surface area contributed by atoms with Gasteiger partial charge in [0.2, 0.25) is 0 Å². The summed E-state index contributed by atoms with van der Waals surface area (Å²) in [5.74, 6) is -0.185. The Morgan fingerprint density at radius 2 is 2.24 bits per heavy atom. The molecule has 1 aliphatic heterocycles. The van der Waals surface area contributed by atoms with E-state index in [0.29, 0.717) is 11.9 Å². The van der Waals surface area contributed by atoms with E-state index in [0.717, 1.165) is 24.3 Å². The molecule has 1 aromatic carbocycles. The molecule has 0 bridgehead atoms. The molecule has 0 atom stereocenters. The van der Waals surface area contributed by atoms with Gasteiger partial charge in [0, 0.05) is 24.1 Å². The average Bonchev–Trinajstić information content (AvgIpc) is 2.27. The molecule has 2 nitrogen and oxygen atoms in total. The van der Waals surface area contributed by atoms with Crippen molar-refractivity contribution in [2.24, 2.45) is 0 Å². The van der Waals surface area contributed by atoms with Gasteiger partial charge in [-0.3, -0.25) is 0 Å². The first-order valence-electron chi connectivity index (χ1n) is 5.75. The molecular weight excluding hydrogens is 285 g/mol. The molecule has 4 heteroatoms. The van der Waals surface area contributed by atoms with Gasteiger partial charge >= 0.3 is 0 Å². The summed E-state index contributed by atoms with van der Waals surface area (Å²) in [7, 11) is 0. The monoisotopic (exact) mass is 301 g/mol. The maximum absolute atomic E-state index is 13.2. The Hall–Kier alpha value is -0.610. The highest BCUT2D eigenvalue weighted by atomic mass is 79.9. The van der Waals surface area contributed by atoms with Crippen molar-refractivity contribution in [3.63, 3.8) is 0 Å². The molecule has 1 aliphatic rings. The summed E-state index contributed by atoms with van der Waals surface area (Å²) in [6, 6.07) is 4.96. The number of benzene rings is 1. The molecule has 0 aromatic heterocycles. The van der Waals surface area contributed by atoms with Crippen LogP contribution in [0.25, 0.3) is 0 Å². The van der Waals surface area contributed by atoms with Crippen molar-refractivity contribution in [1.29, 1.82) is 0 Å². The number of ether oxygens (including phenoxy) is 1. The third-order valence-corrected chi connectivity index (χ3v) is 3.56. The number of hydrogen-bond donors (Lipinski definition) is 0. The molecule has 0 unspecified atom stereocenters. The topological polar surface area (TPSA) is 12.5 Å². The van der Waals surface area contributed by atoms with Crippen LogP contribution < -0.4 is 4.90 Å². The van der Waals surface area contributed by atoms with Crippen molar-refractivity contribution in [3.05, 3.63) is 29.6 Å². The molecule has 0 N–H and O–H groups in total. The van der Waals surface area contributed by atoms with E-state index in [4.69, 9.17) is 4.74 Å². The zero-order valence-corrected chi connectivity index (χ0v) is 11.8. The lowest BCUT2D eigenvalue weighted by Gasteiger charge is -2.40. The zero-order chi connectivity index (χ0) is 12.5. The third-order valence-electron chi connectivity index (χ3n) is 2.95. The lowest BCUT2D eigenvalue weighted by atomic mass is 10.1. The van der Waals surface area contributed by atoms with Crippen LogP contribution in [0.3, 0.4) is 0 Å². The second-order valence-electron chi connectivity index (χ2n) is 4.94. The molecule has 0 radical (unpaired) electrons. The van der Waals surface area contributed by atoms with Crippen LogP contribution >= 0.6 is 15.9 Å². The molecule has 1 heterocycles.